The number of hydrogen-bond donors (Lipinski definition) is 2. The molecule has 2 atom stereocenters. The maximum atomic E-state index is 13.6. The van der Waals surface area contributed by atoms with Crippen LogP contribution in [0, 0.1) is 0 Å². The van der Waals surface area contributed by atoms with Crippen molar-refractivity contribution < 1.29 is 33.6 Å². The van der Waals surface area contributed by atoms with Crippen LogP contribution in [-0.2, 0) is 14.9 Å². The molecule has 2 fully saturated rings. The predicted octanol–water partition coefficient (Wildman–Crippen LogP) is 5.64. The van der Waals surface area contributed by atoms with Crippen molar-refractivity contribution in [3.8, 4) is 11.5 Å². The standard InChI is InChI=1S/C34H37N7O7/c1-19-34(23-16-21(45-5)8-10-25(23)40(19)31(42)43)17-24(34)20-7-9-22-26(15-20)41(32(44)48-33(2,3)4)38-28(22)36-29-27(46-6)18-35-30(37-29)39-11-13-47-14-12-39/h7-10,15-16,18,24H,1,11-14,17H2,2-6H3,(H,42,43)(H,35,36,37,38)/t24-,34-/m0/s1. The van der Waals surface area contributed by atoms with Crippen LogP contribution < -0.4 is 24.6 Å². The second-order valence-corrected chi connectivity index (χ2v) is 13.0. The van der Waals surface area contributed by atoms with E-state index in [9.17, 15) is 14.7 Å². The minimum atomic E-state index is -1.10. The highest BCUT2D eigenvalue weighted by Gasteiger charge is 2.64. The van der Waals surface area contributed by atoms with Crippen molar-refractivity contribution in [3.63, 3.8) is 0 Å². The molecule has 1 aliphatic carbocycles. The van der Waals surface area contributed by atoms with Crippen LogP contribution in [0.15, 0.2) is 54.9 Å². The topological polar surface area (TPSA) is 153 Å². The molecule has 2 N–H and O–H groups in total. The lowest BCUT2D eigenvalue weighted by Crippen LogP contribution is -2.37. The lowest BCUT2D eigenvalue weighted by molar-refractivity contribution is 0.0523. The molecule has 250 valence electrons. The summed E-state index contributed by atoms with van der Waals surface area (Å²) in [6, 6.07) is 11.2. The molecule has 7 rings (SSSR count). The fourth-order valence-corrected chi connectivity index (χ4v) is 6.71. The Morgan fingerprint density at radius 1 is 1.08 bits per heavy atom. The molecule has 4 heterocycles. The van der Waals surface area contributed by atoms with Gasteiger partial charge >= 0.3 is 12.2 Å². The van der Waals surface area contributed by atoms with Gasteiger partial charge in [-0.1, -0.05) is 12.6 Å². The van der Waals surface area contributed by atoms with Crippen LogP contribution in [-0.4, -0.2) is 83.2 Å². The number of aromatic nitrogens is 4. The number of methoxy groups -OCH3 is 2. The lowest BCUT2D eigenvalue weighted by Gasteiger charge is -2.27. The average Bonchev–Trinajstić information content (AvgIpc) is 3.65. The second-order valence-electron chi connectivity index (χ2n) is 13.0. The van der Waals surface area contributed by atoms with Crippen molar-refractivity contribution in [1.82, 2.24) is 19.7 Å². The van der Waals surface area contributed by atoms with Gasteiger partial charge in [0.05, 0.1) is 44.8 Å². The first-order chi connectivity index (χ1) is 22.9. The van der Waals surface area contributed by atoms with E-state index in [1.165, 1.54) is 16.7 Å². The van der Waals surface area contributed by atoms with E-state index in [2.05, 4.69) is 22.0 Å². The van der Waals surface area contributed by atoms with Crippen molar-refractivity contribution >= 4 is 46.4 Å². The minimum absolute atomic E-state index is 0.110. The number of carboxylic acid groups (broad SMARTS) is 1. The zero-order chi connectivity index (χ0) is 34.0. The number of carbonyl (C=O) groups excluding carboxylic acids is 1. The number of nitrogens with zero attached hydrogens (tertiary/aromatic N) is 6. The third-order valence-electron chi connectivity index (χ3n) is 9.03. The van der Waals surface area contributed by atoms with Gasteiger partial charge in [-0.15, -0.1) is 5.10 Å². The van der Waals surface area contributed by atoms with Crippen molar-refractivity contribution in [2.45, 2.75) is 44.1 Å². The summed E-state index contributed by atoms with van der Waals surface area (Å²) in [5.41, 5.74) is 1.89. The highest BCUT2D eigenvalue weighted by atomic mass is 16.6. The summed E-state index contributed by atoms with van der Waals surface area (Å²) in [6.45, 7) is 12.1. The van der Waals surface area contributed by atoms with Crippen LogP contribution >= 0.6 is 0 Å². The van der Waals surface area contributed by atoms with E-state index in [0.29, 0.717) is 84.1 Å². The van der Waals surface area contributed by atoms with E-state index >= 15 is 0 Å². The summed E-state index contributed by atoms with van der Waals surface area (Å²) >= 11 is 0. The molecule has 2 aliphatic heterocycles. The molecular weight excluding hydrogens is 618 g/mol. The number of morpholine rings is 1. The summed E-state index contributed by atoms with van der Waals surface area (Å²) in [4.78, 5) is 38.4. The molecule has 14 nitrogen and oxygen atoms in total. The van der Waals surface area contributed by atoms with Gasteiger partial charge in [0.2, 0.25) is 5.95 Å². The molecule has 3 aliphatic rings. The number of allylic oxidation sites excluding steroid dienone is 1. The molecule has 0 radical (unpaired) electrons. The Balaban J connectivity index is 1.30. The summed E-state index contributed by atoms with van der Waals surface area (Å²) in [6.07, 6.45) is 0.485. The molecule has 14 heteroatoms. The normalized spacial score (nSPS) is 20.2. The Hall–Kier alpha value is -5.37. The Morgan fingerprint density at radius 2 is 1.85 bits per heavy atom. The summed E-state index contributed by atoms with van der Waals surface area (Å²) in [7, 11) is 3.11. The smallest absolute Gasteiger partial charge is 0.435 e. The van der Waals surface area contributed by atoms with Gasteiger partial charge in [-0.25, -0.2) is 19.5 Å². The third-order valence-corrected chi connectivity index (χ3v) is 9.03. The van der Waals surface area contributed by atoms with Crippen LogP contribution in [0.5, 0.6) is 11.5 Å². The number of hydrogen-bond acceptors (Lipinski definition) is 11. The van der Waals surface area contributed by atoms with Crippen molar-refractivity contribution in [3.05, 3.63) is 66.0 Å². The molecule has 2 aromatic heterocycles. The summed E-state index contributed by atoms with van der Waals surface area (Å²) in [5.74, 6) is 2.20. The Kier molecular flexibility index (Phi) is 7.42. The maximum Gasteiger partial charge on any atom is 0.435 e. The van der Waals surface area contributed by atoms with E-state index in [1.807, 2.05) is 29.2 Å². The summed E-state index contributed by atoms with van der Waals surface area (Å²) < 4.78 is 23.5. The number of carbonyl (C=O) groups is 2. The van der Waals surface area contributed by atoms with Crippen LogP contribution in [0.4, 0.5) is 32.9 Å². The van der Waals surface area contributed by atoms with Gasteiger partial charge < -0.3 is 34.3 Å². The van der Waals surface area contributed by atoms with Gasteiger partial charge in [-0.05, 0) is 68.7 Å². The van der Waals surface area contributed by atoms with Gasteiger partial charge in [0.1, 0.15) is 11.4 Å². The first-order valence-corrected chi connectivity index (χ1v) is 15.6. The Labute approximate surface area is 276 Å². The van der Waals surface area contributed by atoms with Crippen LogP contribution in [0.2, 0.25) is 0 Å². The van der Waals surface area contributed by atoms with Crippen molar-refractivity contribution in [2.75, 3.05) is 55.6 Å². The van der Waals surface area contributed by atoms with E-state index in [0.717, 1.165) is 11.1 Å². The first kappa shape index (κ1) is 31.2. The zero-order valence-electron chi connectivity index (χ0n) is 27.4. The van der Waals surface area contributed by atoms with Crippen LogP contribution in [0.3, 0.4) is 0 Å². The molecular formula is C34H37N7O7. The number of benzene rings is 2. The van der Waals surface area contributed by atoms with Gasteiger partial charge in [-0.3, -0.25) is 0 Å². The predicted molar refractivity (Wildman–Crippen MR) is 178 cm³/mol. The fraction of sp³-hybridized carbons (Fsp3) is 0.382. The molecule has 1 saturated carbocycles. The lowest BCUT2D eigenvalue weighted by atomic mass is 9.90. The number of nitrogens with one attached hydrogen (secondary N) is 1. The Morgan fingerprint density at radius 3 is 2.54 bits per heavy atom. The van der Waals surface area contributed by atoms with Gasteiger partial charge in [0, 0.05) is 35.5 Å². The molecule has 1 saturated heterocycles. The first-order valence-electron chi connectivity index (χ1n) is 15.6. The molecule has 4 aromatic rings. The van der Waals surface area contributed by atoms with E-state index in [1.54, 1.807) is 46.2 Å². The van der Waals surface area contributed by atoms with Gasteiger partial charge in [-0.2, -0.15) is 9.67 Å². The maximum absolute atomic E-state index is 13.6. The molecule has 1 amide bonds. The molecule has 0 bridgehead atoms. The number of rotatable bonds is 6. The molecule has 2 aromatic carbocycles. The number of anilines is 4. The minimum Gasteiger partial charge on any atom is -0.497 e. The largest absolute Gasteiger partial charge is 0.497 e. The van der Waals surface area contributed by atoms with E-state index < -0.39 is 23.2 Å². The van der Waals surface area contributed by atoms with E-state index in [-0.39, 0.29) is 5.92 Å². The molecule has 48 heavy (non-hydrogen) atoms. The average molecular weight is 656 g/mol. The number of fused-ring (bicyclic) bond motifs is 3. The van der Waals surface area contributed by atoms with Crippen molar-refractivity contribution in [2.24, 2.45) is 0 Å². The van der Waals surface area contributed by atoms with Crippen LogP contribution in [0.1, 0.15) is 44.2 Å². The zero-order valence-corrected chi connectivity index (χ0v) is 27.4. The second kappa shape index (κ2) is 11.4. The number of ether oxygens (including phenoxy) is 4. The van der Waals surface area contributed by atoms with Crippen LogP contribution in [0.25, 0.3) is 10.9 Å². The highest BCUT2D eigenvalue weighted by molar-refractivity contribution is 5.99. The monoisotopic (exact) mass is 655 g/mol. The van der Waals surface area contributed by atoms with Gasteiger partial charge in [0.15, 0.2) is 17.4 Å². The van der Waals surface area contributed by atoms with E-state index in [4.69, 9.17) is 23.9 Å². The fourth-order valence-electron chi connectivity index (χ4n) is 6.71. The third kappa shape index (κ3) is 5.12. The SMILES string of the molecule is C=C1N(C(=O)O)c2ccc(OC)cc2[C@]12C[C@H]2c1ccc2c(Nc3nc(N4CCOCC4)ncc3OC)nn(C(=O)OC(C)(C)C)c2c1. The number of amides is 1. The molecule has 0 unspecified atom stereocenters. The highest BCUT2D eigenvalue weighted by Crippen LogP contribution is 2.70. The summed E-state index contributed by atoms with van der Waals surface area (Å²) in [5, 5.41) is 18.7. The Bertz CT molecular complexity index is 1960. The molecule has 1 spiro atoms. The van der Waals surface area contributed by atoms with Crippen molar-refractivity contribution in [1.29, 1.82) is 0 Å². The van der Waals surface area contributed by atoms with Gasteiger partial charge in [0.25, 0.3) is 0 Å². The quantitative estimate of drug-likeness (QED) is 0.264.